The molecule has 16 heavy (non-hydrogen) atoms. The van der Waals surface area contributed by atoms with Crippen LogP contribution in [0.4, 0.5) is 5.82 Å². The molecule has 1 aliphatic rings. The molecular formula is C10H13N3O3. The summed E-state index contributed by atoms with van der Waals surface area (Å²) in [6.45, 7) is 0.406. The van der Waals surface area contributed by atoms with Gasteiger partial charge in [-0.15, -0.1) is 0 Å². The van der Waals surface area contributed by atoms with Crippen LogP contribution in [0.25, 0.3) is 0 Å². The van der Waals surface area contributed by atoms with Gasteiger partial charge in [-0.3, -0.25) is 9.59 Å². The van der Waals surface area contributed by atoms with Crippen molar-refractivity contribution in [2.75, 3.05) is 18.0 Å². The highest BCUT2D eigenvalue weighted by atomic mass is 16.4. The van der Waals surface area contributed by atoms with Gasteiger partial charge in [0.25, 0.3) is 5.56 Å². The number of anilines is 1. The molecule has 1 fully saturated rings. The van der Waals surface area contributed by atoms with Crippen LogP contribution in [0, 0.1) is 5.92 Å². The van der Waals surface area contributed by atoms with Crippen LogP contribution in [0.15, 0.2) is 17.2 Å². The molecule has 1 aliphatic carbocycles. The highest BCUT2D eigenvalue weighted by molar-refractivity contribution is 5.73. The molecule has 1 heterocycles. The molecule has 0 radical (unpaired) electrons. The molecule has 0 atom stereocenters. The van der Waals surface area contributed by atoms with Crippen molar-refractivity contribution in [1.29, 1.82) is 0 Å². The Labute approximate surface area is 91.9 Å². The van der Waals surface area contributed by atoms with E-state index in [0.29, 0.717) is 12.5 Å². The van der Waals surface area contributed by atoms with Crippen LogP contribution in [-0.2, 0) is 4.79 Å². The van der Waals surface area contributed by atoms with Crippen LogP contribution >= 0.6 is 0 Å². The van der Waals surface area contributed by atoms with E-state index in [4.69, 9.17) is 5.11 Å². The quantitative estimate of drug-likeness (QED) is 0.737. The summed E-state index contributed by atoms with van der Waals surface area (Å²) in [6, 6.07) is 0. The highest BCUT2D eigenvalue weighted by Crippen LogP contribution is 2.30. The van der Waals surface area contributed by atoms with Gasteiger partial charge in [0.05, 0.1) is 0 Å². The van der Waals surface area contributed by atoms with Crippen molar-refractivity contribution in [2.24, 2.45) is 5.92 Å². The van der Waals surface area contributed by atoms with Crippen molar-refractivity contribution in [3.8, 4) is 0 Å². The molecule has 1 saturated carbocycles. The molecule has 0 aliphatic heterocycles. The zero-order chi connectivity index (χ0) is 11.5. The number of aromatic nitrogens is 2. The fourth-order valence-corrected chi connectivity index (χ4v) is 1.57. The molecular weight excluding hydrogens is 210 g/mol. The van der Waals surface area contributed by atoms with E-state index in [9.17, 15) is 9.59 Å². The standard InChI is InChI=1S/C10H13N3O3/c14-8(15)6-13(5-7-1-2-7)9-10(16)12-4-3-11-9/h3-4,7H,1-2,5-6H2,(H,12,16)(H,14,15). The van der Waals surface area contributed by atoms with E-state index in [-0.39, 0.29) is 17.9 Å². The largest absolute Gasteiger partial charge is 0.480 e. The van der Waals surface area contributed by atoms with Gasteiger partial charge >= 0.3 is 5.97 Å². The Balaban J connectivity index is 2.19. The van der Waals surface area contributed by atoms with E-state index < -0.39 is 5.97 Å². The average Bonchev–Trinajstić information content (AvgIpc) is 3.01. The first-order valence-corrected chi connectivity index (χ1v) is 5.17. The summed E-state index contributed by atoms with van der Waals surface area (Å²) in [5.74, 6) is -0.261. The Morgan fingerprint density at radius 1 is 1.62 bits per heavy atom. The minimum absolute atomic E-state index is 0.184. The number of nitrogens with zero attached hydrogens (tertiary/aromatic N) is 2. The number of hydrogen-bond acceptors (Lipinski definition) is 4. The van der Waals surface area contributed by atoms with Gasteiger partial charge in [-0.2, -0.15) is 0 Å². The van der Waals surface area contributed by atoms with Gasteiger partial charge in [0.2, 0.25) is 0 Å². The number of rotatable bonds is 5. The molecule has 86 valence electrons. The van der Waals surface area contributed by atoms with Crippen molar-refractivity contribution in [3.05, 3.63) is 22.7 Å². The van der Waals surface area contributed by atoms with E-state index in [0.717, 1.165) is 12.8 Å². The van der Waals surface area contributed by atoms with E-state index in [1.807, 2.05) is 0 Å². The molecule has 0 spiro atoms. The number of aliphatic carboxylic acids is 1. The Morgan fingerprint density at radius 2 is 2.38 bits per heavy atom. The number of nitrogens with one attached hydrogen (secondary N) is 1. The third-order valence-corrected chi connectivity index (χ3v) is 2.49. The van der Waals surface area contributed by atoms with Gasteiger partial charge in [-0.1, -0.05) is 0 Å². The van der Waals surface area contributed by atoms with E-state index in [2.05, 4.69) is 9.97 Å². The topological polar surface area (TPSA) is 86.3 Å². The van der Waals surface area contributed by atoms with Crippen LogP contribution in [0.5, 0.6) is 0 Å². The summed E-state index contributed by atoms with van der Waals surface area (Å²) in [5, 5.41) is 8.79. The van der Waals surface area contributed by atoms with E-state index in [1.54, 1.807) is 0 Å². The molecule has 0 amide bonds. The summed E-state index contributed by atoms with van der Waals surface area (Å²) in [4.78, 5) is 30.2. The van der Waals surface area contributed by atoms with Gasteiger partial charge in [0.15, 0.2) is 5.82 Å². The number of carboxylic acids is 1. The van der Waals surface area contributed by atoms with Gasteiger partial charge < -0.3 is 15.0 Å². The van der Waals surface area contributed by atoms with Crippen molar-refractivity contribution in [3.63, 3.8) is 0 Å². The maximum absolute atomic E-state index is 11.5. The first-order valence-electron chi connectivity index (χ1n) is 5.17. The highest BCUT2D eigenvalue weighted by Gasteiger charge is 2.27. The predicted octanol–water partition coefficient (Wildman–Crippen LogP) is 0.0709. The normalized spacial score (nSPS) is 14.8. The third-order valence-electron chi connectivity index (χ3n) is 2.49. The van der Waals surface area contributed by atoms with Crippen molar-refractivity contribution in [2.45, 2.75) is 12.8 Å². The molecule has 1 aromatic heterocycles. The van der Waals surface area contributed by atoms with Crippen LogP contribution in [0.2, 0.25) is 0 Å². The molecule has 0 unspecified atom stereocenters. The molecule has 0 saturated heterocycles. The number of H-pyrrole nitrogens is 1. The third kappa shape index (κ3) is 2.59. The minimum atomic E-state index is -0.953. The second kappa shape index (κ2) is 4.34. The zero-order valence-corrected chi connectivity index (χ0v) is 8.72. The number of hydrogen-bond donors (Lipinski definition) is 2. The lowest BCUT2D eigenvalue weighted by Gasteiger charge is -2.19. The fraction of sp³-hybridized carbons (Fsp3) is 0.500. The smallest absolute Gasteiger partial charge is 0.323 e. The zero-order valence-electron chi connectivity index (χ0n) is 8.72. The maximum Gasteiger partial charge on any atom is 0.323 e. The lowest BCUT2D eigenvalue weighted by molar-refractivity contribution is -0.135. The Morgan fingerprint density at radius 3 is 2.94 bits per heavy atom. The first kappa shape index (κ1) is 10.7. The summed E-state index contributed by atoms with van der Waals surface area (Å²) in [7, 11) is 0. The molecule has 1 aromatic rings. The predicted molar refractivity (Wildman–Crippen MR) is 57.4 cm³/mol. The van der Waals surface area contributed by atoms with Crippen LogP contribution < -0.4 is 10.5 Å². The molecule has 0 bridgehead atoms. The molecule has 6 nitrogen and oxygen atoms in total. The summed E-state index contributed by atoms with van der Waals surface area (Å²) >= 11 is 0. The monoisotopic (exact) mass is 223 g/mol. The Bertz CT molecular complexity index is 439. The molecule has 2 N–H and O–H groups in total. The Kier molecular flexibility index (Phi) is 2.89. The van der Waals surface area contributed by atoms with Crippen LogP contribution in [0.1, 0.15) is 12.8 Å². The molecule has 2 rings (SSSR count). The van der Waals surface area contributed by atoms with E-state index in [1.165, 1.54) is 17.3 Å². The minimum Gasteiger partial charge on any atom is -0.480 e. The maximum atomic E-state index is 11.5. The summed E-state index contributed by atoms with van der Waals surface area (Å²) < 4.78 is 0. The second-order valence-electron chi connectivity index (χ2n) is 3.96. The Hall–Kier alpha value is -1.85. The molecule has 0 aromatic carbocycles. The van der Waals surface area contributed by atoms with Gasteiger partial charge in [-0.05, 0) is 18.8 Å². The summed E-state index contributed by atoms with van der Waals surface area (Å²) in [6.07, 6.45) is 5.09. The average molecular weight is 223 g/mol. The second-order valence-corrected chi connectivity index (χ2v) is 3.96. The number of carbonyl (C=O) groups is 1. The van der Waals surface area contributed by atoms with Crippen LogP contribution in [0.3, 0.4) is 0 Å². The molecule has 6 heteroatoms. The first-order chi connectivity index (χ1) is 7.66. The van der Waals surface area contributed by atoms with Crippen molar-refractivity contribution >= 4 is 11.8 Å². The van der Waals surface area contributed by atoms with Gasteiger partial charge in [0, 0.05) is 18.9 Å². The van der Waals surface area contributed by atoms with Crippen LogP contribution in [-0.4, -0.2) is 34.1 Å². The van der Waals surface area contributed by atoms with E-state index >= 15 is 0 Å². The number of carboxylic acid groups (broad SMARTS) is 1. The lowest BCUT2D eigenvalue weighted by atomic mass is 10.3. The van der Waals surface area contributed by atoms with Gasteiger partial charge in [-0.25, -0.2) is 4.98 Å². The van der Waals surface area contributed by atoms with Crippen molar-refractivity contribution in [1.82, 2.24) is 9.97 Å². The van der Waals surface area contributed by atoms with Gasteiger partial charge in [0.1, 0.15) is 6.54 Å². The number of aromatic amines is 1. The fourth-order valence-electron chi connectivity index (χ4n) is 1.57. The lowest BCUT2D eigenvalue weighted by Crippen LogP contribution is -2.36. The SMILES string of the molecule is O=C(O)CN(CC1CC1)c1ncc[nH]c1=O. The summed E-state index contributed by atoms with van der Waals surface area (Å²) in [5.41, 5.74) is -0.343. The van der Waals surface area contributed by atoms with Crippen molar-refractivity contribution < 1.29 is 9.90 Å².